The number of hydrogen-bond donors (Lipinski definition) is 2. The maximum Gasteiger partial charge on any atom is 0.324 e. The van der Waals surface area contributed by atoms with Crippen LogP contribution in [0.4, 0.5) is 22.0 Å². The van der Waals surface area contributed by atoms with E-state index in [0.29, 0.717) is 5.82 Å². The number of para-hydroxylation sites is 1. The predicted molar refractivity (Wildman–Crippen MR) is 105 cm³/mol. The standard InChI is InChI=1S/C21H20N4O/c26-21(23-18-8-2-1-3-9-18)24-20-11-10-19(14-22-20)25-13-12-16-6-4-5-7-17(16)15-25/h1-11,14H,12-13,15H2,(H2,22,23,24,26). The van der Waals surface area contributed by atoms with Crippen LogP contribution in [0.5, 0.6) is 0 Å². The van der Waals surface area contributed by atoms with Crippen molar-refractivity contribution in [1.82, 2.24) is 4.98 Å². The molecule has 0 atom stereocenters. The maximum atomic E-state index is 12.0. The van der Waals surface area contributed by atoms with E-state index in [4.69, 9.17) is 0 Å². The molecule has 4 rings (SSSR count). The first-order valence-corrected chi connectivity index (χ1v) is 8.69. The van der Waals surface area contributed by atoms with Crippen molar-refractivity contribution < 1.29 is 4.79 Å². The van der Waals surface area contributed by atoms with Crippen molar-refractivity contribution in [1.29, 1.82) is 0 Å². The molecule has 0 aliphatic carbocycles. The molecule has 3 aromatic rings. The quantitative estimate of drug-likeness (QED) is 0.745. The Bertz CT molecular complexity index is 893. The number of carbonyl (C=O) groups is 1. The summed E-state index contributed by atoms with van der Waals surface area (Å²) in [6.45, 7) is 1.86. The van der Waals surface area contributed by atoms with Crippen LogP contribution in [0.1, 0.15) is 11.1 Å². The van der Waals surface area contributed by atoms with E-state index < -0.39 is 0 Å². The molecule has 5 heteroatoms. The van der Waals surface area contributed by atoms with E-state index in [9.17, 15) is 4.79 Å². The van der Waals surface area contributed by atoms with Gasteiger partial charge in [0, 0.05) is 18.8 Å². The van der Waals surface area contributed by atoms with E-state index in [2.05, 4.69) is 44.8 Å². The van der Waals surface area contributed by atoms with Crippen LogP contribution in [0.3, 0.4) is 0 Å². The Morgan fingerprint density at radius 3 is 2.42 bits per heavy atom. The van der Waals surface area contributed by atoms with E-state index in [1.54, 1.807) is 0 Å². The molecule has 130 valence electrons. The summed E-state index contributed by atoms with van der Waals surface area (Å²) in [6, 6.07) is 21.4. The molecule has 0 radical (unpaired) electrons. The molecule has 0 unspecified atom stereocenters. The molecule has 26 heavy (non-hydrogen) atoms. The van der Waals surface area contributed by atoms with Gasteiger partial charge in [-0.3, -0.25) is 5.32 Å². The largest absolute Gasteiger partial charge is 0.366 e. The molecule has 1 aliphatic heterocycles. The molecule has 0 spiro atoms. The SMILES string of the molecule is O=C(Nc1ccccc1)Nc1ccc(N2CCc3ccccc3C2)cn1. The minimum absolute atomic E-state index is 0.302. The van der Waals surface area contributed by atoms with Gasteiger partial charge in [-0.25, -0.2) is 9.78 Å². The van der Waals surface area contributed by atoms with Crippen LogP contribution in [0.2, 0.25) is 0 Å². The first kappa shape index (κ1) is 16.1. The fourth-order valence-electron chi connectivity index (χ4n) is 3.16. The lowest BCUT2D eigenvalue weighted by molar-refractivity contribution is 0.262. The van der Waals surface area contributed by atoms with Gasteiger partial charge in [0.1, 0.15) is 5.82 Å². The number of nitrogens with one attached hydrogen (secondary N) is 2. The molecule has 2 heterocycles. The number of aromatic nitrogens is 1. The van der Waals surface area contributed by atoms with Gasteiger partial charge in [-0.1, -0.05) is 42.5 Å². The van der Waals surface area contributed by atoms with Gasteiger partial charge in [0.15, 0.2) is 0 Å². The van der Waals surface area contributed by atoms with Gasteiger partial charge in [0.2, 0.25) is 0 Å². The number of hydrogen-bond acceptors (Lipinski definition) is 3. The molecule has 2 aromatic carbocycles. The predicted octanol–water partition coefficient (Wildman–Crippen LogP) is 4.29. The topological polar surface area (TPSA) is 57.3 Å². The van der Waals surface area contributed by atoms with Gasteiger partial charge >= 0.3 is 6.03 Å². The number of carbonyl (C=O) groups excluding carboxylic acids is 1. The average molecular weight is 344 g/mol. The normalized spacial score (nSPS) is 13.0. The Hall–Kier alpha value is -3.34. The van der Waals surface area contributed by atoms with Crippen molar-refractivity contribution in [2.24, 2.45) is 0 Å². The summed E-state index contributed by atoms with van der Waals surface area (Å²) in [4.78, 5) is 18.7. The van der Waals surface area contributed by atoms with Crippen LogP contribution in [0.15, 0.2) is 72.9 Å². The third-order valence-electron chi connectivity index (χ3n) is 4.52. The lowest BCUT2D eigenvalue weighted by Crippen LogP contribution is -2.30. The summed E-state index contributed by atoms with van der Waals surface area (Å²) >= 11 is 0. The van der Waals surface area contributed by atoms with Crippen LogP contribution in [-0.4, -0.2) is 17.6 Å². The number of fused-ring (bicyclic) bond motifs is 1. The Morgan fingerprint density at radius 1 is 0.885 bits per heavy atom. The summed E-state index contributed by atoms with van der Waals surface area (Å²) in [5.41, 5.74) is 4.60. The molecular formula is C21H20N4O. The number of pyridine rings is 1. The number of rotatable bonds is 3. The van der Waals surface area contributed by atoms with Gasteiger partial charge in [-0.05, 0) is 41.8 Å². The number of benzene rings is 2. The first-order chi connectivity index (χ1) is 12.8. The average Bonchev–Trinajstić information content (AvgIpc) is 2.69. The second-order valence-corrected chi connectivity index (χ2v) is 6.29. The fourth-order valence-corrected chi connectivity index (χ4v) is 3.16. The van der Waals surface area contributed by atoms with Crippen molar-refractivity contribution >= 4 is 23.2 Å². The lowest BCUT2D eigenvalue weighted by Gasteiger charge is -2.30. The molecule has 2 amide bonds. The molecule has 0 bridgehead atoms. The van der Waals surface area contributed by atoms with E-state index in [-0.39, 0.29) is 6.03 Å². The van der Waals surface area contributed by atoms with Gasteiger partial charge in [-0.15, -0.1) is 0 Å². The highest BCUT2D eigenvalue weighted by atomic mass is 16.2. The van der Waals surface area contributed by atoms with Crippen molar-refractivity contribution in [3.8, 4) is 0 Å². The molecule has 5 nitrogen and oxygen atoms in total. The minimum atomic E-state index is -0.302. The summed E-state index contributed by atoms with van der Waals surface area (Å²) in [5, 5.41) is 5.54. The number of anilines is 3. The molecule has 2 N–H and O–H groups in total. The monoisotopic (exact) mass is 344 g/mol. The molecule has 0 saturated carbocycles. The van der Waals surface area contributed by atoms with Crippen LogP contribution in [0, 0.1) is 0 Å². The van der Waals surface area contributed by atoms with Crippen LogP contribution >= 0.6 is 0 Å². The van der Waals surface area contributed by atoms with E-state index in [1.165, 1.54) is 11.1 Å². The zero-order valence-corrected chi connectivity index (χ0v) is 14.4. The van der Waals surface area contributed by atoms with Gasteiger partial charge < -0.3 is 10.2 Å². The molecule has 0 saturated heterocycles. The van der Waals surface area contributed by atoms with Crippen LogP contribution in [0.25, 0.3) is 0 Å². The fraction of sp³-hybridized carbons (Fsp3) is 0.143. The van der Waals surface area contributed by atoms with E-state index in [0.717, 1.165) is 30.9 Å². The van der Waals surface area contributed by atoms with Crippen molar-refractivity contribution in [3.05, 3.63) is 84.1 Å². The number of nitrogens with zero attached hydrogens (tertiary/aromatic N) is 2. The smallest absolute Gasteiger partial charge is 0.324 e. The van der Waals surface area contributed by atoms with Crippen LogP contribution < -0.4 is 15.5 Å². The third kappa shape index (κ3) is 3.67. The Balaban J connectivity index is 1.39. The zero-order chi connectivity index (χ0) is 17.8. The Kier molecular flexibility index (Phi) is 4.51. The molecule has 1 aromatic heterocycles. The molecule has 1 aliphatic rings. The Morgan fingerprint density at radius 2 is 1.65 bits per heavy atom. The summed E-state index contributed by atoms with van der Waals surface area (Å²) in [5.74, 6) is 0.527. The number of amides is 2. The highest BCUT2D eigenvalue weighted by molar-refractivity contribution is 5.99. The third-order valence-corrected chi connectivity index (χ3v) is 4.52. The highest BCUT2D eigenvalue weighted by Gasteiger charge is 2.16. The minimum Gasteiger partial charge on any atom is -0.366 e. The van der Waals surface area contributed by atoms with Gasteiger partial charge in [-0.2, -0.15) is 0 Å². The number of urea groups is 1. The first-order valence-electron chi connectivity index (χ1n) is 8.69. The Labute approximate surface area is 152 Å². The van der Waals surface area contributed by atoms with Gasteiger partial charge in [0.25, 0.3) is 0 Å². The summed E-state index contributed by atoms with van der Waals surface area (Å²) in [7, 11) is 0. The summed E-state index contributed by atoms with van der Waals surface area (Å²) in [6.07, 6.45) is 2.85. The van der Waals surface area contributed by atoms with Crippen LogP contribution in [-0.2, 0) is 13.0 Å². The maximum absolute atomic E-state index is 12.0. The van der Waals surface area contributed by atoms with Gasteiger partial charge in [0.05, 0.1) is 11.9 Å². The van der Waals surface area contributed by atoms with Crippen molar-refractivity contribution in [2.75, 3.05) is 22.1 Å². The zero-order valence-electron chi connectivity index (χ0n) is 14.4. The van der Waals surface area contributed by atoms with Crippen molar-refractivity contribution in [2.45, 2.75) is 13.0 Å². The highest BCUT2D eigenvalue weighted by Crippen LogP contribution is 2.24. The van der Waals surface area contributed by atoms with E-state index in [1.807, 2.05) is 48.7 Å². The molecular weight excluding hydrogens is 324 g/mol. The van der Waals surface area contributed by atoms with Crippen molar-refractivity contribution in [3.63, 3.8) is 0 Å². The van der Waals surface area contributed by atoms with E-state index >= 15 is 0 Å². The second kappa shape index (κ2) is 7.27. The lowest BCUT2D eigenvalue weighted by atomic mass is 10.00. The second-order valence-electron chi connectivity index (χ2n) is 6.29. The molecule has 0 fully saturated rings. The summed E-state index contributed by atoms with van der Waals surface area (Å²) < 4.78 is 0.